The van der Waals surface area contributed by atoms with Crippen LogP contribution in [0.15, 0.2) is 0 Å². The first-order valence-corrected chi connectivity index (χ1v) is 2.52. The van der Waals surface area contributed by atoms with Gasteiger partial charge in [-0.3, -0.25) is 9.59 Å². The van der Waals surface area contributed by atoms with Crippen LogP contribution in [-0.2, 0) is 14.3 Å². The Bertz CT molecular complexity index is 128. The van der Waals surface area contributed by atoms with Crippen molar-refractivity contribution >= 4 is 29.3 Å². The number of halogens is 3. The second kappa shape index (κ2) is 11.5. The summed E-state index contributed by atoms with van der Waals surface area (Å²) in [5.74, 6) is -0.775. The molecule has 1 aliphatic heterocycles. The SMILES string of the molecule is O=C1CCCC(=O)O1.[Al+3].[Cl-].[Cl-].[Cl-]. The van der Waals surface area contributed by atoms with Crippen LogP contribution in [-0.4, -0.2) is 29.3 Å². The maximum Gasteiger partial charge on any atom is 3.00 e. The van der Waals surface area contributed by atoms with E-state index in [1.807, 2.05) is 0 Å². The Labute approximate surface area is 100.0 Å². The summed E-state index contributed by atoms with van der Waals surface area (Å²) in [6.07, 6.45) is 1.44. The van der Waals surface area contributed by atoms with Gasteiger partial charge >= 0.3 is 29.3 Å². The first-order valence-electron chi connectivity index (χ1n) is 2.52. The summed E-state index contributed by atoms with van der Waals surface area (Å²) in [6.45, 7) is 0. The smallest absolute Gasteiger partial charge is 1.00 e. The number of esters is 2. The second-order valence-electron chi connectivity index (χ2n) is 1.70. The van der Waals surface area contributed by atoms with E-state index < -0.39 is 0 Å². The maximum absolute atomic E-state index is 10.2. The predicted octanol–water partition coefficient (Wildman–Crippen LogP) is -9.13. The normalized spacial score (nSPS) is 13.7. The van der Waals surface area contributed by atoms with Gasteiger partial charge < -0.3 is 42.0 Å². The van der Waals surface area contributed by atoms with Crippen LogP contribution in [0.25, 0.3) is 0 Å². The number of ether oxygens (including phenoxy) is 1. The molecule has 0 aromatic rings. The fourth-order valence-corrected chi connectivity index (χ4v) is 0.606. The molecule has 7 heteroatoms. The number of rotatable bonds is 0. The largest absolute Gasteiger partial charge is 3.00 e. The van der Waals surface area contributed by atoms with Crippen LogP contribution in [0.2, 0.25) is 0 Å². The molecule has 0 radical (unpaired) electrons. The van der Waals surface area contributed by atoms with Gasteiger partial charge in [0.15, 0.2) is 0 Å². The summed E-state index contributed by atoms with van der Waals surface area (Å²) >= 11 is 0. The zero-order chi connectivity index (χ0) is 5.98. The molecular formula is C5H6AlCl3O3. The molecule has 0 atom stereocenters. The number of cyclic esters (lactones) is 2. The van der Waals surface area contributed by atoms with Crippen molar-refractivity contribution in [3.8, 4) is 0 Å². The molecule has 0 aromatic heterocycles. The van der Waals surface area contributed by atoms with E-state index in [1.54, 1.807) is 0 Å². The summed E-state index contributed by atoms with van der Waals surface area (Å²) in [5.41, 5.74) is 0. The predicted molar refractivity (Wildman–Crippen MR) is 30.7 cm³/mol. The number of carbonyl (C=O) groups excluding carboxylic acids is 2. The van der Waals surface area contributed by atoms with E-state index in [2.05, 4.69) is 4.74 Å². The summed E-state index contributed by atoms with van der Waals surface area (Å²) in [5, 5.41) is 0. The molecular weight excluding hydrogens is 241 g/mol. The number of hydrogen-bond acceptors (Lipinski definition) is 3. The summed E-state index contributed by atoms with van der Waals surface area (Å²) in [6, 6.07) is 0. The Morgan fingerprint density at radius 2 is 1.25 bits per heavy atom. The van der Waals surface area contributed by atoms with E-state index in [4.69, 9.17) is 0 Å². The molecule has 0 aromatic carbocycles. The fourth-order valence-electron chi connectivity index (χ4n) is 0.606. The molecule has 0 aliphatic carbocycles. The van der Waals surface area contributed by atoms with Gasteiger partial charge in [-0.15, -0.1) is 0 Å². The minimum absolute atomic E-state index is 0. The van der Waals surface area contributed by atoms with Crippen LogP contribution < -0.4 is 37.2 Å². The maximum atomic E-state index is 10.2. The Hall–Kier alpha value is 0.542. The second-order valence-corrected chi connectivity index (χ2v) is 1.70. The Morgan fingerprint density at radius 1 is 0.917 bits per heavy atom. The van der Waals surface area contributed by atoms with E-state index in [1.165, 1.54) is 0 Å². The first-order chi connectivity index (χ1) is 3.79. The zero-order valence-corrected chi connectivity index (χ0v) is 9.48. The average molecular weight is 247 g/mol. The molecule has 1 aliphatic rings. The molecule has 0 amide bonds. The molecule has 0 unspecified atom stereocenters. The summed E-state index contributed by atoms with van der Waals surface area (Å²) in [7, 11) is 0. The zero-order valence-electron chi connectivity index (χ0n) is 6.06. The molecule has 0 bridgehead atoms. The van der Waals surface area contributed by atoms with E-state index in [0.29, 0.717) is 19.3 Å². The minimum Gasteiger partial charge on any atom is -1.00 e. The molecule has 3 nitrogen and oxygen atoms in total. The Balaban J connectivity index is -0.0000000800. The van der Waals surface area contributed by atoms with Crippen molar-refractivity contribution in [1.29, 1.82) is 0 Å². The summed E-state index contributed by atoms with van der Waals surface area (Å²) < 4.78 is 4.21. The molecule has 12 heavy (non-hydrogen) atoms. The van der Waals surface area contributed by atoms with Gasteiger partial charge in [-0.05, 0) is 6.42 Å². The van der Waals surface area contributed by atoms with Gasteiger partial charge in [0.1, 0.15) is 0 Å². The van der Waals surface area contributed by atoms with Crippen molar-refractivity contribution < 1.29 is 51.5 Å². The molecule has 0 spiro atoms. The molecule has 1 rings (SSSR count). The third-order valence-electron chi connectivity index (χ3n) is 0.989. The average Bonchev–Trinajstić information content (AvgIpc) is 1.64. The third kappa shape index (κ3) is 8.64. The van der Waals surface area contributed by atoms with Crippen molar-refractivity contribution in [1.82, 2.24) is 0 Å². The van der Waals surface area contributed by atoms with Gasteiger partial charge in [-0.25, -0.2) is 0 Å². The number of hydrogen-bond donors (Lipinski definition) is 0. The van der Waals surface area contributed by atoms with Gasteiger partial charge in [0.2, 0.25) is 0 Å². The summed E-state index contributed by atoms with van der Waals surface area (Å²) in [4.78, 5) is 20.5. The van der Waals surface area contributed by atoms with Crippen molar-refractivity contribution in [2.45, 2.75) is 19.3 Å². The van der Waals surface area contributed by atoms with Gasteiger partial charge in [0.05, 0.1) is 0 Å². The van der Waals surface area contributed by atoms with Crippen LogP contribution in [0.3, 0.4) is 0 Å². The molecule has 0 saturated carbocycles. The van der Waals surface area contributed by atoms with Crippen molar-refractivity contribution in [3.05, 3.63) is 0 Å². The fraction of sp³-hybridized carbons (Fsp3) is 0.600. The Morgan fingerprint density at radius 3 is 1.42 bits per heavy atom. The molecule has 0 N–H and O–H groups in total. The van der Waals surface area contributed by atoms with Gasteiger partial charge in [0, 0.05) is 12.8 Å². The van der Waals surface area contributed by atoms with Crippen LogP contribution in [0.5, 0.6) is 0 Å². The monoisotopic (exact) mass is 246 g/mol. The van der Waals surface area contributed by atoms with E-state index >= 15 is 0 Å². The molecule has 1 saturated heterocycles. The van der Waals surface area contributed by atoms with Gasteiger partial charge in [-0.1, -0.05) is 0 Å². The third-order valence-corrected chi connectivity index (χ3v) is 0.989. The van der Waals surface area contributed by atoms with E-state index in [9.17, 15) is 9.59 Å². The van der Waals surface area contributed by atoms with Crippen molar-refractivity contribution in [2.75, 3.05) is 0 Å². The van der Waals surface area contributed by atoms with Crippen LogP contribution in [0.4, 0.5) is 0 Å². The van der Waals surface area contributed by atoms with Crippen LogP contribution in [0, 0.1) is 0 Å². The van der Waals surface area contributed by atoms with Crippen molar-refractivity contribution in [3.63, 3.8) is 0 Å². The molecule has 68 valence electrons. The topological polar surface area (TPSA) is 43.4 Å². The van der Waals surface area contributed by atoms with Gasteiger partial charge in [-0.2, -0.15) is 0 Å². The molecule has 1 heterocycles. The minimum atomic E-state index is -0.388. The van der Waals surface area contributed by atoms with Crippen LogP contribution in [0.1, 0.15) is 19.3 Å². The van der Waals surface area contributed by atoms with E-state index in [0.717, 1.165) is 0 Å². The van der Waals surface area contributed by atoms with Gasteiger partial charge in [0.25, 0.3) is 0 Å². The first kappa shape index (κ1) is 22.9. The quantitative estimate of drug-likeness (QED) is 0.243. The number of carbonyl (C=O) groups is 2. The molecule has 1 fully saturated rings. The van der Waals surface area contributed by atoms with Crippen molar-refractivity contribution in [2.24, 2.45) is 0 Å². The van der Waals surface area contributed by atoms with Crippen LogP contribution >= 0.6 is 0 Å². The Kier molecular flexibility index (Phi) is 22.0. The van der Waals surface area contributed by atoms with E-state index in [-0.39, 0.29) is 66.5 Å². The standard InChI is InChI=1S/C5H6O3.Al.3ClH/c6-4-2-1-3-5(7)8-4;;;;/h1-3H2;;3*1H/q;+3;;;/p-3.